The Labute approximate surface area is 117 Å². The van der Waals surface area contributed by atoms with Gasteiger partial charge in [-0.25, -0.2) is 9.50 Å². The molecule has 1 atom stereocenters. The van der Waals surface area contributed by atoms with Crippen LogP contribution in [-0.2, 0) is 0 Å². The van der Waals surface area contributed by atoms with Crippen LogP contribution in [0.5, 0.6) is 0 Å². The highest BCUT2D eigenvalue weighted by Gasteiger charge is 2.18. The van der Waals surface area contributed by atoms with Crippen LogP contribution in [0.25, 0.3) is 5.65 Å². The quantitative estimate of drug-likeness (QED) is 0.798. The van der Waals surface area contributed by atoms with Crippen molar-refractivity contribution in [3.63, 3.8) is 0 Å². The summed E-state index contributed by atoms with van der Waals surface area (Å²) in [5.41, 5.74) is 4.07. The zero-order valence-corrected chi connectivity index (χ0v) is 11.4. The highest BCUT2D eigenvalue weighted by atomic mass is 15.2. The maximum absolute atomic E-state index is 4.55. The van der Waals surface area contributed by atoms with Crippen molar-refractivity contribution < 1.29 is 0 Å². The van der Waals surface area contributed by atoms with E-state index in [1.54, 1.807) is 10.7 Å². The van der Waals surface area contributed by atoms with Crippen LogP contribution in [-0.4, -0.2) is 20.8 Å². The summed E-state index contributed by atoms with van der Waals surface area (Å²) >= 11 is 0. The molecule has 1 unspecified atom stereocenters. The molecule has 20 heavy (non-hydrogen) atoms. The first-order valence-electron chi connectivity index (χ1n) is 6.65. The number of nitrogens with zero attached hydrogens (tertiary/aromatic N) is 4. The molecule has 0 radical (unpaired) electrons. The molecule has 0 bridgehead atoms. The minimum atomic E-state index is 0.231. The van der Waals surface area contributed by atoms with Crippen molar-refractivity contribution >= 4 is 11.9 Å². The Kier molecular flexibility index (Phi) is 3.29. The van der Waals surface area contributed by atoms with Crippen LogP contribution in [0.4, 0.5) is 0 Å². The minimum Gasteiger partial charge on any atom is -0.260 e. The van der Waals surface area contributed by atoms with E-state index in [-0.39, 0.29) is 5.92 Å². The normalized spacial score (nSPS) is 19.1. The zero-order chi connectivity index (χ0) is 13.9. The lowest BCUT2D eigenvalue weighted by Crippen LogP contribution is -2.05. The molecule has 0 fully saturated rings. The van der Waals surface area contributed by atoms with E-state index in [2.05, 4.69) is 27.7 Å². The predicted octanol–water partition coefficient (Wildman–Crippen LogP) is 3.30. The van der Waals surface area contributed by atoms with Crippen molar-refractivity contribution in [1.29, 1.82) is 0 Å². The van der Waals surface area contributed by atoms with Crippen molar-refractivity contribution in [2.45, 2.75) is 19.3 Å². The van der Waals surface area contributed by atoms with Gasteiger partial charge in [-0.3, -0.25) is 4.99 Å². The molecule has 1 aliphatic heterocycles. The second kappa shape index (κ2) is 5.25. The smallest absolute Gasteiger partial charge is 0.158 e. The first-order chi connectivity index (χ1) is 9.83. The van der Waals surface area contributed by atoms with E-state index < -0.39 is 0 Å². The summed E-state index contributed by atoms with van der Waals surface area (Å²) in [5, 5.41) is 4.32. The van der Waals surface area contributed by atoms with Crippen LogP contribution in [0.3, 0.4) is 0 Å². The monoisotopic (exact) mass is 264 g/mol. The zero-order valence-electron chi connectivity index (χ0n) is 11.4. The van der Waals surface area contributed by atoms with E-state index in [0.717, 1.165) is 28.9 Å². The molecule has 0 aliphatic carbocycles. The summed E-state index contributed by atoms with van der Waals surface area (Å²) in [6, 6.07) is 1.87. The molecule has 0 spiro atoms. The molecule has 4 heteroatoms. The predicted molar refractivity (Wildman–Crippen MR) is 80.9 cm³/mol. The molecule has 0 N–H and O–H groups in total. The van der Waals surface area contributed by atoms with Gasteiger partial charge < -0.3 is 0 Å². The lowest BCUT2D eigenvalue weighted by molar-refractivity contribution is 0.900. The van der Waals surface area contributed by atoms with Crippen molar-refractivity contribution in [3.05, 3.63) is 66.3 Å². The molecule has 4 nitrogen and oxygen atoms in total. The maximum Gasteiger partial charge on any atom is 0.158 e. The largest absolute Gasteiger partial charge is 0.260 e. The third kappa shape index (κ3) is 2.09. The SMILES string of the molecule is C=C/C(=C\C)C1=CCC(c2cnn3cccnc23)C=N1. The Hall–Kier alpha value is -2.49. The molecule has 0 saturated heterocycles. The third-order valence-corrected chi connectivity index (χ3v) is 3.49. The Bertz CT molecular complexity index is 734. The van der Waals surface area contributed by atoms with E-state index in [4.69, 9.17) is 0 Å². The average Bonchev–Trinajstić information content (AvgIpc) is 2.93. The molecule has 1 aliphatic rings. The van der Waals surface area contributed by atoms with Crippen LogP contribution in [0.15, 0.2) is 65.7 Å². The van der Waals surface area contributed by atoms with Crippen LogP contribution >= 0.6 is 0 Å². The summed E-state index contributed by atoms with van der Waals surface area (Å²) in [6.45, 7) is 5.81. The van der Waals surface area contributed by atoms with Crippen molar-refractivity contribution in [1.82, 2.24) is 14.6 Å². The van der Waals surface area contributed by atoms with Gasteiger partial charge in [0.05, 0.1) is 11.9 Å². The summed E-state index contributed by atoms with van der Waals surface area (Å²) in [7, 11) is 0. The van der Waals surface area contributed by atoms with Gasteiger partial charge in [0, 0.05) is 30.1 Å². The molecular weight excluding hydrogens is 248 g/mol. The first kappa shape index (κ1) is 12.5. The van der Waals surface area contributed by atoms with E-state index >= 15 is 0 Å². The van der Waals surface area contributed by atoms with E-state index in [9.17, 15) is 0 Å². The maximum atomic E-state index is 4.55. The van der Waals surface area contributed by atoms with Crippen LogP contribution in [0.1, 0.15) is 24.8 Å². The Morgan fingerprint density at radius 2 is 2.40 bits per heavy atom. The third-order valence-electron chi connectivity index (χ3n) is 3.49. The van der Waals surface area contributed by atoms with Gasteiger partial charge in [0.2, 0.25) is 0 Å². The number of hydrogen-bond acceptors (Lipinski definition) is 3. The fraction of sp³-hybridized carbons (Fsp3) is 0.188. The number of allylic oxidation sites excluding steroid dienone is 3. The van der Waals surface area contributed by atoms with Gasteiger partial charge in [0.15, 0.2) is 5.65 Å². The highest BCUT2D eigenvalue weighted by molar-refractivity contribution is 5.75. The summed E-state index contributed by atoms with van der Waals surface area (Å²) in [4.78, 5) is 8.94. The minimum absolute atomic E-state index is 0.231. The number of fused-ring (bicyclic) bond motifs is 1. The van der Waals surface area contributed by atoms with Gasteiger partial charge in [-0.05, 0) is 25.0 Å². The van der Waals surface area contributed by atoms with E-state index in [0.29, 0.717) is 0 Å². The average molecular weight is 264 g/mol. The standard InChI is InChI=1S/C16H16N4/c1-3-12(4-2)15-7-6-13(10-18-15)14-11-19-20-9-5-8-17-16(14)20/h3-5,7-11,13H,1,6H2,2H3/b12-4+. The summed E-state index contributed by atoms with van der Waals surface area (Å²) in [5.74, 6) is 0.231. The van der Waals surface area contributed by atoms with Crippen molar-refractivity contribution in [2.75, 3.05) is 0 Å². The Morgan fingerprint density at radius 3 is 3.10 bits per heavy atom. The number of rotatable bonds is 3. The molecule has 0 saturated carbocycles. The van der Waals surface area contributed by atoms with Crippen molar-refractivity contribution in [3.8, 4) is 0 Å². The summed E-state index contributed by atoms with van der Waals surface area (Å²) < 4.78 is 1.80. The number of hydrogen-bond donors (Lipinski definition) is 0. The molecule has 2 aromatic rings. The molecule has 3 heterocycles. The van der Waals surface area contributed by atoms with Crippen LogP contribution in [0.2, 0.25) is 0 Å². The number of aliphatic imine (C=N–C) groups is 1. The van der Waals surface area contributed by atoms with Crippen molar-refractivity contribution in [2.24, 2.45) is 4.99 Å². The van der Waals surface area contributed by atoms with Gasteiger partial charge in [-0.15, -0.1) is 0 Å². The second-order valence-corrected chi connectivity index (χ2v) is 4.65. The van der Waals surface area contributed by atoms with E-state index in [1.807, 2.05) is 43.8 Å². The van der Waals surface area contributed by atoms with E-state index in [1.165, 1.54) is 0 Å². The van der Waals surface area contributed by atoms with Gasteiger partial charge in [0.1, 0.15) is 0 Å². The molecule has 2 aromatic heterocycles. The number of aromatic nitrogens is 3. The molecular formula is C16H16N4. The van der Waals surface area contributed by atoms with Gasteiger partial charge in [0.25, 0.3) is 0 Å². The lowest BCUT2D eigenvalue weighted by Gasteiger charge is -2.14. The molecule has 100 valence electrons. The van der Waals surface area contributed by atoms with Gasteiger partial charge in [-0.2, -0.15) is 5.10 Å². The van der Waals surface area contributed by atoms with Gasteiger partial charge in [-0.1, -0.05) is 24.8 Å². The topological polar surface area (TPSA) is 42.5 Å². The Balaban J connectivity index is 1.89. The first-order valence-corrected chi connectivity index (χ1v) is 6.65. The highest BCUT2D eigenvalue weighted by Crippen LogP contribution is 2.27. The fourth-order valence-electron chi connectivity index (χ4n) is 2.40. The molecule has 0 aromatic carbocycles. The fourth-order valence-corrected chi connectivity index (χ4v) is 2.40. The lowest BCUT2D eigenvalue weighted by atomic mass is 9.95. The summed E-state index contributed by atoms with van der Waals surface area (Å²) in [6.07, 6.45) is 14.5. The molecule has 0 amide bonds. The second-order valence-electron chi connectivity index (χ2n) is 4.65. The molecule has 3 rings (SSSR count). The Morgan fingerprint density at radius 1 is 1.50 bits per heavy atom. The van der Waals surface area contributed by atoms with Crippen LogP contribution in [0, 0.1) is 0 Å². The van der Waals surface area contributed by atoms with Gasteiger partial charge >= 0.3 is 0 Å². The van der Waals surface area contributed by atoms with Crippen LogP contribution < -0.4 is 0 Å².